The summed E-state index contributed by atoms with van der Waals surface area (Å²) in [5, 5.41) is 12.7. The highest BCUT2D eigenvalue weighted by Gasteiger charge is 2.20. The summed E-state index contributed by atoms with van der Waals surface area (Å²) in [6.45, 7) is 5.08. The van der Waals surface area contributed by atoms with E-state index in [-0.39, 0.29) is 6.10 Å². The third-order valence-corrected chi connectivity index (χ3v) is 3.12. The number of anilines is 1. The average molecular weight is 251 g/mol. The Morgan fingerprint density at radius 3 is 2.56 bits per heavy atom. The minimum absolute atomic E-state index is 0.297. The molecule has 6 heteroatoms. The van der Waals surface area contributed by atoms with Gasteiger partial charge in [-0.1, -0.05) is 0 Å². The number of nitrogens with zero attached hydrogens (tertiary/aromatic N) is 4. The molecule has 0 aromatic carbocycles. The molecule has 1 aliphatic heterocycles. The van der Waals surface area contributed by atoms with E-state index in [1.165, 1.54) is 0 Å². The maximum absolute atomic E-state index is 9.74. The van der Waals surface area contributed by atoms with Crippen LogP contribution in [0, 0.1) is 0 Å². The molecule has 0 spiro atoms. The van der Waals surface area contributed by atoms with E-state index in [2.05, 4.69) is 25.1 Å². The first kappa shape index (κ1) is 13.2. The third kappa shape index (κ3) is 3.63. The fourth-order valence-electron chi connectivity index (χ4n) is 2.18. The first-order chi connectivity index (χ1) is 8.79. The lowest BCUT2D eigenvalue weighted by Crippen LogP contribution is -2.50. The Balaban J connectivity index is 1.78. The molecule has 18 heavy (non-hydrogen) atoms. The fourth-order valence-corrected chi connectivity index (χ4v) is 2.18. The van der Waals surface area contributed by atoms with E-state index < -0.39 is 0 Å². The number of nitrogens with one attached hydrogen (secondary N) is 1. The Morgan fingerprint density at radius 2 is 1.94 bits per heavy atom. The van der Waals surface area contributed by atoms with E-state index >= 15 is 0 Å². The van der Waals surface area contributed by atoms with Crippen LogP contribution < -0.4 is 10.2 Å². The maximum Gasteiger partial charge on any atom is 0.225 e. The number of aliphatic hydroxyl groups is 1. The molecule has 0 saturated carbocycles. The van der Waals surface area contributed by atoms with E-state index in [1.807, 2.05) is 13.1 Å². The van der Waals surface area contributed by atoms with Crippen LogP contribution in [0.5, 0.6) is 0 Å². The summed E-state index contributed by atoms with van der Waals surface area (Å²) >= 11 is 0. The van der Waals surface area contributed by atoms with E-state index in [0.717, 1.165) is 38.7 Å². The van der Waals surface area contributed by atoms with Gasteiger partial charge in [0.05, 0.1) is 6.10 Å². The van der Waals surface area contributed by atoms with Crippen molar-refractivity contribution in [3.05, 3.63) is 18.5 Å². The van der Waals surface area contributed by atoms with Crippen molar-refractivity contribution in [1.82, 2.24) is 20.2 Å². The first-order valence-corrected chi connectivity index (χ1v) is 6.36. The minimum atomic E-state index is -0.297. The number of hydrogen-bond donors (Lipinski definition) is 2. The zero-order valence-corrected chi connectivity index (χ0v) is 10.8. The summed E-state index contributed by atoms with van der Waals surface area (Å²) in [5.41, 5.74) is 0. The van der Waals surface area contributed by atoms with Crippen LogP contribution in [-0.2, 0) is 0 Å². The Morgan fingerprint density at radius 1 is 1.28 bits per heavy atom. The van der Waals surface area contributed by atoms with Gasteiger partial charge in [-0.15, -0.1) is 0 Å². The van der Waals surface area contributed by atoms with E-state index in [4.69, 9.17) is 0 Å². The van der Waals surface area contributed by atoms with Gasteiger partial charge < -0.3 is 15.3 Å². The summed E-state index contributed by atoms with van der Waals surface area (Å²) < 4.78 is 0. The smallest absolute Gasteiger partial charge is 0.225 e. The van der Waals surface area contributed by atoms with Crippen molar-refractivity contribution < 1.29 is 5.11 Å². The van der Waals surface area contributed by atoms with Crippen LogP contribution in [0.1, 0.15) is 0 Å². The monoisotopic (exact) mass is 251 g/mol. The molecule has 1 aromatic heterocycles. The van der Waals surface area contributed by atoms with E-state index in [1.54, 1.807) is 12.4 Å². The highest BCUT2D eigenvalue weighted by molar-refractivity contribution is 5.29. The number of β-amino-alcohol motifs (C(OH)–C–C–N with tert-alkyl or cyclic N) is 1. The van der Waals surface area contributed by atoms with Crippen molar-refractivity contribution in [3.63, 3.8) is 0 Å². The van der Waals surface area contributed by atoms with Crippen molar-refractivity contribution in [1.29, 1.82) is 0 Å². The zero-order valence-electron chi connectivity index (χ0n) is 10.8. The van der Waals surface area contributed by atoms with Crippen molar-refractivity contribution >= 4 is 5.95 Å². The zero-order chi connectivity index (χ0) is 12.8. The number of piperazine rings is 1. The molecular weight excluding hydrogens is 230 g/mol. The van der Waals surface area contributed by atoms with Crippen LogP contribution >= 0.6 is 0 Å². The van der Waals surface area contributed by atoms with Gasteiger partial charge in [0.2, 0.25) is 5.95 Å². The highest BCUT2D eigenvalue weighted by atomic mass is 16.3. The van der Waals surface area contributed by atoms with Crippen LogP contribution in [-0.4, -0.2) is 72.4 Å². The van der Waals surface area contributed by atoms with Gasteiger partial charge in [0.25, 0.3) is 0 Å². The molecule has 0 bridgehead atoms. The Bertz CT molecular complexity index is 340. The molecule has 1 aromatic rings. The number of rotatable bonds is 5. The van der Waals surface area contributed by atoms with Gasteiger partial charge in [0.15, 0.2) is 0 Å². The lowest BCUT2D eigenvalue weighted by Gasteiger charge is -2.35. The van der Waals surface area contributed by atoms with Crippen LogP contribution in [0.2, 0.25) is 0 Å². The lowest BCUT2D eigenvalue weighted by molar-refractivity contribution is 0.109. The second-order valence-electron chi connectivity index (χ2n) is 4.55. The largest absolute Gasteiger partial charge is 0.390 e. The third-order valence-electron chi connectivity index (χ3n) is 3.12. The fraction of sp³-hybridized carbons (Fsp3) is 0.667. The standard InChI is InChI=1S/C12H21N5O/c1-13-9-11(18)10-16-5-7-17(8-6-16)12-14-3-2-4-15-12/h2-4,11,13,18H,5-10H2,1H3. The first-order valence-electron chi connectivity index (χ1n) is 6.36. The van der Waals surface area contributed by atoms with Crippen LogP contribution in [0.4, 0.5) is 5.95 Å². The number of aliphatic hydroxyl groups excluding tert-OH is 1. The van der Waals surface area contributed by atoms with Crippen molar-refractivity contribution in [3.8, 4) is 0 Å². The van der Waals surface area contributed by atoms with Gasteiger partial charge in [0, 0.05) is 51.7 Å². The van der Waals surface area contributed by atoms with Gasteiger partial charge in [-0.05, 0) is 13.1 Å². The molecule has 2 rings (SSSR count). The maximum atomic E-state index is 9.74. The topological polar surface area (TPSA) is 64.5 Å². The second kappa shape index (κ2) is 6.63. The molecule has 1 unspecified atom stereocenters. The molecule has 2 N–H and O–H groups in total. The lowest BCUT2D eigenvalue weighted by atomic mass is 10.2. The molecule has 1 fully saturated rings. The molecule has 1 aliphatic rings. The highest BCUT2D eigenvalue weighted by Crippen LogP contribution is 2.09. The van der Waals surface area contributed by atoms with Gasteiger partial charge in [0.1, 0.15) is 0 Å². The minimum Gasteiger partial charge on any atom is -0.390 e. The van der Waals surface area contributed by atoms with Gasteiger partial charge in [-0.2, -0.15) is 0 Å². The SMILES string of the molecule is CNCC(O)CN1CCN(c2ncccn2)CC1. The Hall–Kier alpha value is -1.24. The molecule has 0 aliphatic carbocycles. The summed E-state index contributed by atoms with van der Waals surface area (Å²) in [4.78, 5) is 13.0. The Labute approximate surface area is 108 Å². The quantitative estimate of drug-likeness (QED) is 0.713. The predicted octanol–water partition coefficient (Wildman–Crippen LogP) is -0.821. The summed E-state index contributed by atoms with van der Waals surface area (Å²) in [7, 11) is 1.86. The van der Waals surface area contributed by atoms with E-state index in [9.17, 15) is 5.11 Å². The van der Waals surface area contributed by atoms with Crippen molar-refractivity contribution in [2.75, 3.05) is 51.2 Å². The summed E-state index contributed by atoms with van der Waals surface area (Å²) in [6.07, 6.45) is 3.24. The van der Waals surface area contributed by atoms with E-state index in [0.29, 0.717) is 6.54 Å². The molecule has 0 radical (unpaired) electrons. The predicted molar refractivity (Wildman–Crippen MR) is 70.6 cm³/mol. The molecule has 1 saturated heterocycles. The van der Waals surface area contributed by atoms with Gasteiger partial charge in [-0.3, -0.25) is 4.90 Å². The normalized spacial score (nSPS) is 18.9. The number of aromatic nitrogens is 2. The molecule has 6 nitrogen and oxygen atoms in total. The van der Waals surface area contributed by atoms with Gasteiger partial charge in [-0.25, -0.2) is 9.97 Å². The van der Waals surface area contributed by atoms with Crippen LogP contribution in [0.15, 0.2) is 18.5 Å². The summed E-state index contributed by atoms with van der Waals surface area (Å²) in [5.74, 6) is 0.799. The van der Waals surface area contributed by atoms with Gasteiger partial charge >= 0.3 is 0 Å². The summed E-state index contributed by atoms with van der Waals surface area (Å²) in [6, 6.07) is 1.83. The Kier molecular flexibility index (Phi) is 4.86. The second-order valence-corrected chi connectivity index (χ2v) is 4.55. The molecule has 2 heterocycles. The number of likely N-dealkylation sites (N-methyl/N-ethyl adjacent to an activating group) is 1. The molecule has 0 amide bonds. The number of hydrogen-bond acceptors (Lipinski definition) is 6. The van der Waals surface area contributed by atoms with Crippen molar-refractivity contribution in [2.24, 2.45) is 0 Å². The molecule has 100 valence electrons. The molecule has 1 atom stereocenters. The van der Waals surface area contributed by atoms with Crippen LogP contribution in [0.3, 0.4) is 0 Å². The average Bonchev–Trinajstić information content (AvgIpc) is 2.41. The van der Waals surface area contributed by atoms with Crippen LogP contribution in [0.25, 0.3) is 0 Å². The molecular formula is C12H21N5O. The van der Waals surface area contributed by atoms with Crippen molar-refractivity contribution in [2.45, 2.75) is 6.10 Å².